The molecule has 156 valence electrons. The van der Waals surface area contributed by atoms with E-state index in [9.17, 15) is 9.59 Å². The first-order valence-electron chi connectivity index (χ1n) is 9.89. The summed E-state index contributed by atoms with van der Waals surface area (Å²) < 4.78 is 6.54. The molecule has 7 nitrogen and oxygen atoms in total. The van der Waals surface area contributed by atoms with Gasteiger partial charge in [0.2, 0.25) is 0 Å². The van der Waals surface area contributed by atoms with E-state index in [1.54, 1.807) is 27.0 Å². The lowest BCUT2D eigenvalue weighted by molar-refractivity contribution is 0.0600. The van der Waals surface area contributed by atoms with Crippen molar-refractivity contribution in [3.05, 3.63) is 64.2 Å². The SMILES string of the molecule is COC(=O)c1ccc2c(c1)CCN2C(=O)c1cc(-c2cccs2)nc2c1c(C)nn2C. The number of hydrogen-bond donors (Lipinski definition) is 0. The maximum absolute atomic E-state index is 13.8. The number of amides is 1. The second-order valence-corrected chi connectivity index (χ2v) is 8.43. The van der Waals surface area contributed by atoms with Crippen LogP contribution in [-0.4, -0.2) is 40.3 Å². The van der Waals surface area contributed by atoms with Crippen molar-refractivity contribution in [3.8, 4) is 10.6 Å². The Hall–Kier alpha value is -3.52. The number of aromatic nitrogens is 3. The molecule has 5 rings (SSSR count). The molecular weight excluding hydrogens is 412 g/mol. The minimum absolute atomic E-state index is 0.0918. The maximum Gasteiger partial charge on any atom is 0.337 e. The zero-order chi connectivity index (χ0) is 21.7. The third-order valence-electron chi connectivity index (χ3n) is 5.61. The molecule has 8 heteroatoms. The number of ether oxygens (including phenoxy) is 1. The predicted molar refractivity (Wildman–Crippen MR) is 120 cm³/mol. The number of benzene rings is 1. The number of methoxy groups -OCH3 is 1. The highest BCUT2D eigenvalue weighted by Crippen LogP contribution is 2.34. The van der Waals surface area contributed by atoms with Gasteiger partial charge in [-0.3, -0.25) is 9.48 Å². The van der Waals surface area contributed by atoms with Gasteiger partial charge in [0.1, 0.15) is 0 Å². The van der Waals surface area contributed by atoms with Crippen LogP contribution in [0.4, 0.5) is 5.69 Å². The zero-order valence-electron chi connectivity index (χ0n) is 17.4. The molecule has 0 N–H and O–H groups in total. The number of anilines is 1. The van der Waals surface area contributed by atoms with Crippen molar-refractivity contribution >= 4 is 39.9 Å². The lowest BCUT2D eigenvalue weighted by Gasteiger charge is -2.19. The summed E-state index contributed by atoms with van der Waals surface area (Å²) in [4.78, 5) is 33.2. The summed E-state index contributed by atoms with van der Waals surface area (Å²) in [6.07, 6.45) is 0.684. The normalized spacial score (nSPS) is 12.9. The molecule has 0 saturated heterocycles. The van der Waals surface area contributed by atoms with E-state index in [-0.39, 0.29) is 11.9 Å². The standard InChI is InChI=1S/C23H20N4O3S/c1-13-20-16(12-17(19-5-4-10-31-19)24-21(20)26(2)25-13)22(28)27-9-8-14-11-15(23(29)30-3)6-7-18(14)27/h4-7,10-12H,8-9H2,1-3H3. The highest BCUT2D eigenvalue weighted by Gasteiger charge is 2.29. The summed E-state index contributed by atoms with van der Waals surface area (Å²) in [5.74, 6) is -0.471. The molecule has 1 aliphatic rings. The van der Waals surface area contributed by atoms with Gasteiger partial charge in [-0.05, 0) is 54.6 Å². The number of nitrogens with zero attached hydrogens (tertiary/aromatic N) is 4. The summed E-state index contributed by atoms with van der Waals surface area (Å²) in [5, 5.41) is 7.27. The molecule has 0 aliphatic carbocycles. The number of thiophene rings is 1. The number of aryl methyl sites for hydroxylation is 2. The van der Waals surface area contributed by atoms with E-state index in [4.69, 9.17) is 9.72 Å². The Morgan fingerprint density at radius 1 is 1.19 bits per heavy atom. The number of fused-ring (bicyclic) bond motifs is 2. The average molecular weight is 433 g/mol. The van der Waals surface area contributed by atoms with Crippen molar-refractivity contribution in [2.75, 3.05) is 18.6 Å². The Bertz CT molecular complexity index is 1340. The van der Waals surface area contributed by atoms with Crippen LogP contribution in [0.1, 0.15) is 32.0 Å². The van der Waals surface area contributed by atoms with E-state index in [1.165, 1.54) is 7.11 Å². The van der Waals surface area contributed by atoms with Gasteiger partial charge in [0, 0.05) is 19.3 Å². The van der Waals surface area contributed by atoms with E-state index >= 15 is 0 Å². The van der Waals surface area contributed by atoms with Crippen molar-refractivity contribution in [2.24, 2.45) is 7.05 Å². The van der Waals surface area contributed by atoms with Gasteiger partial charge in [-0.1, -0.05) is 6.07 Å². The highest BCUT2D eigenvalue weighted by molar-refractivity contribution is 7.13. The lowest BCUT2D eigenvalue weighted by Crippen LogP contribution is -2.29. The molecule has 0 unspecified atom stereocenters. The minimum atomic E-state index is -0.380. The van der Waals surface area contributed by atoms with Gasteiger partial charge in [0.15, 0.2) is 5.65 Å². The molecule has 1 aliphatic heterocycles. The third-order valence-corrected chi connectivity index (χ3v) is 6.51. The van der Waals surface area contributed by atoms with Crippen LogP contribution in [0.25, 0.3) is 21.6 Å². The van der Waals surface area contributed by atoms with E-state index in [1.807, 2.05) is 49.7 Å². The molecule has 0 bridgehead atoms. The molecule has 0 atom stereocenters. The van der Waals surface area contributed by atoms with E-state index < -0.39 is 0 Å². The molecule has 3 aromatic heterocycles. The van der Waals surface area contributed by atoms with Crippen LogP contribution in [0.2, 0.25) is 0 Å². The quantitative estimate of drug-likeness (QED) is 0.458. The van der Waals surface area contributed by atoms with Crippen LogP contribution >= 0.6 is 11.3 Å². The van der Waals surface area contributed by atoms with Gasteiger partial charge in [-0.25, -0.2) is 9.78 Å². The Balaban J connectivity index is 1.62. The van der Waals surface area contributed by atoms with E-state index in [2.05, 4.69) is 5.10 Å². The molecular formula is C23H20N4O3S. The number of pyridine rings is 1. The van der Waals surface area contributed by atoms with Gasteiger partial charge in [0.05, 0.1) is 39.9 Å². The van der Waals surface area contributed by atoms with Crippen LogP contribution in [-0.2, 0) is 18.2 Å². The molecule has 1 aromatic carbocycles. The number of carbonyl (C=O) groups is 2. The fourth-order valence-electron chi connectivity index (χ4n) is 4.17. The van der Waals surface area contributed by atoms with Gasteiger partial charge < -0.3 is 9.64 Å². The van der Waals surface area contributed by atoms with Crippen molar-refractivity contribution < 1.29 is 14.3 Å². The number of rotatable bonds is 3. The largest absolute Gasteiger partial charge is 0.465 e. The second kappa shape index (κ2) is 7.31. The first kappa shape index (κ1) is 19.4. The summed E-state index contributed by atoms with van der Waals surface area (Å²) in [6, 6.07) is 11.2. The van der Waals surface area contributed by atoms with E-state index in [0.29, 0.717) is 29.7 Å². The smallest absolute Gasteiger partial charge is 0.337 e. The van der Waals surface area contributed by atoms with Gasteiger partial charge in [0.25, 0.3) is 5.91 Å². The number of carbonyl (C=O) groups excluding carboxylic acids is 2. The summed E-state index contributed by atoms with van der Waals surface area (Å²) in [5.41, 5.74) is 5.08. The average Bonchev–Trinajstić information content (AvgIpc) is 3.51. The van der Waals surface area contributed by atoms with Gasteiger partial charge in [-0.2, -0.15) is 5.10 Å². The first-order chi connectivity index (χ1) is 15.0. The molecule has 4 aromatic rings. The minimum Gasteiger partial charge on any atom is -0.465 e. The predicted octanol–water partition coefficient (Wildman–Crippen LogP) is 3.99. The fraction of sp³-hybridized carbons (Fsp3) is 0.217. The van der Waals surface area contributed by atoms with E-state index in [0.717, 1.165) is 32.9 Å². The highest BCUT2D eigenvalue weighted by atomic mass is 32.1. The number of hydrogen-bond acceptors (Lipinski definition) is 6. The van der Waals surface area contributed by atoms with Gasteiger partial charge >= 0.3 is 5.97 Å². The van der Waals surface area contributed by atoms with Crippen molar-refractivity contribution in [2.45, 2.75) is 13.3 Å². The lowest BCUT2D eigenvalue weighted by atomic mass is 10.1. The molecule has 0 spiro atoms. The number of esters is 1. The Morgan fingerprint density at radius 2 is 2.03 bits per heavy atom. The van der Waals surface area contributed by atoms with Crippen LogP contribution in [0.5, 0.6) is 0 Å². The van der Waals surface area contributed by atoms with Gasteiger partial charge in [-0.15, -0.1) is 11.3 Å². The zero-order valence-corrected chi connectivity index (χ0v) is 18.2. The van der Waals surface area contributed by atoms with Crippen LogP contribution in [0, 0.1) is 6.92 Å². The van der Waals surface area contributed by atoms with Crippen molar-refractivity contribution in [3.63, 3.8) is 0 Å². The summed E-state index contributed by atoms with van der Waals surface area (Å²) in [6.45, 7) is 2.45. The Morgan fingerprint density at radius 3 is 2.77 bits per heavy atom. The van der Waals surface area contributed by atoms with Crippen molar-refractivity contribution in [1.29, 1.82) is 0 Å². The third kappa shape index (κ3) is 3.11. The summed E-state index contributed by atoms with van der Waals surface area (Å²) in [7, 11) is 3.20. The fourth-order valence-corrected chi connectivity index (χ4v) is 4.85. The molecule has 31 heavy (non-hydrogen) atoms. The van der Waals surface area contributed by atoms with Crippen LogP contribution in [0.15, 0.2) is 41.8 Å². The maximum atomic E-state index is 13.8. The topological polar surface area (TPSA) is 77.3 Å². The molecule has 0 fully saturated rings. The van der Waals surface area contributed by atoms with Crippen molar-refractivity contribution in [1.82, 2.24) is 14.8 Å². The Labute approximate surface area is 182 Å². The second-order valence-electron chi connectivity index (χ2n) is 7.48. The molecule has 0 radical (unpaired) electrons. The molecule has 0 saturated carbocycles. The molecule has 4 heterocycles. The Kier molecular flexibility index (Phi) is 4.59. The monoisotopic (exact) mass is 432 g/mol. The first-order valence-corrected chi connectivity index (χ1v) is 10.8. The summed E-state index contributed by atoms with van der Waals surface area (Å²) >= 11 is 1.58. The van der Waals surface area contributed by atoms with Crippen LogP contribution < -0.4 is 4.90 Å². The van der Waals surface area contributed by atoms with Crippen LogP contribution in [0.3, 0.4) is 0 Å². The molecule has 1 amide bonds.